The topological polar surface area (TPSA) is 55.8 Å². The number of aryl methyl sites for hydroxylation is 2. The van der Waals surface area contributed by atoms with Gasteiger partial charge in [-0.05, 0) is 113 Å². The zero-order valence-electron chi connectivity index (χ0n) is 26.6. The van der Waals surface area contributed by atoms with Gasteiger partial charge in [0, 0.05) is 24.7 Å². The molecule has 0 atom stereocenters. The minimum atomic E-state index is -0.472. The zero-order valence-corrected chi connectivity index (χ0v) is 26.6. The van der Waals surface area contributed by atoms with Gasteiger partial charge < -0.3 is 14.4 Å². The molecule has 1 fully saturated rings. The number of hydrogen-bond acceptors (Lipinski definition) is 4. The second-order valence-corrected chi connectivity index (χ2v) is 12.7. The first-order valence-corrected chi connectivity index (χ1v) is 15.5. The first-order valence-electron chi connectivity index (χ1n) is 15.5. The summed E-state index contributed by atoms with van der Waals surface area (Å²) >= 11 is 0. The standard InChI is InChI=1S/C38H47NO4/c1-27(2)33-24-34(28(3)23-35(33)42-26-31-13-8-7-9-14-31)36(40)39(6)25-30-20-18-29(19-21-30)15-12-22-38(4,5)37(41)43-32-16-10-11-17-32/h7-9,13-14,18-21,23-24,32H,1,10-12,15-17,22,25-26H2,2-6H3. The van der Waals surface area contributed by atoms with Crippen molar-refractivity contribution in [2.75, 3.05) is 7.05 Å². The molecule has 5 heteroatoms. The van der Waals surface area contributed by atoms with Gasteiger partial charge in [-0.3, -0.25) is 9.59 Å². The van der Waals surface area contributed by atoms with E-state index in [2.05, 4.69) is 30.8 Å². The van der Waals surface area contributed by atoms with Gasteiger partial charge in [-0.2, -0.15) is 0 Å². The van der Waals surface area contributed by atoms with Crippen LogP contribution in [0.25, 0.3) is 5.57 Å². The Hall–Kier alpha value is -3.86. The number of hydrogen-bond donors (Lipinski definition) is 0. The number of ether oxygens (including phenoxy) is 2. The Labute approximate surface area is 257 Å². The van der Waals surface area contributed by atoms with Gasteiger partial charge in [0.1, 0.15) is 18.5 Å². The summed E-state index contributed by atoms with van der Waals surface area (Å²) in [4.78, 5) is 27.9. The van der Waals surface area contributed by atoms with E-state index >= 15 is 0 Å². The third-order valence-corrected chi connectivity index (χ3v) is 8.44. The molecule has 1 amide bonds. The monoisotopic (exact) mass is 581 g/mol. The SMILES string of the molecule is C=C(C)c1cc(C(=O)N(C)Cc2ccc(CCCC(C)(C)C(=O)OC3CCCC3)cc2)c(C)cc1OCc1ccccc1. The van der Waals surface area contributed by atoms with Crippen molar-refractivity contribution in [2.24, 2.45) is 5.41 Å². The molecule has 3 aromatic carbocycles. The van der Waals surface area contributed by atoms with Crippen molar-refractivity contribution in [3.05, 3.63) is 107 Å². The van der Waals surface area contributed by atoms with Crippen LogP contribution in [0.15, 0.2) is 73.3 Å². The molecule has 0 N–H and O–H groups in total. The highest BCUT2D eigenvalue weighted by Gasteiger charge is 2.31. The number of allylic oxidation sites excluding steroid dienone is 1. The summed E-state index contributed by atoms with van der Waals surface area (Å²) in [5.41, 5.74) is 6.13. The van der Waals surface area contributed by atoms with E-state index in [1.165, 1.54) is 5.56 Å². The number of carbonyl (C=O) groups excluding carboxylic acids is 2. The van der Waals surface area contributed by atoms with Gasteiger partial charge in [0.15, 0.2) is 0 Å². The average molecular weight is 582 g/mol. The minimum Gasteiger partial charge on any atom is -0.488 e. The smallest absolute Gasteiger partial charge is 0.311 e. The van der Waals surface area contributed by atoms with E-state index in [-0.39, 0.29) is 18.0 Å². The maximum Gasteiger partial charge on any atom is 0.311 e. The molecule has 0 unspecified atom stereocenters. The van der Waals surface area contributed by atoms with Crippen LogP contribution in [0.2, 0.25) is 0 Å². The largest absolute Gasteiger partial charge is 0.488 e. The lowest BCUT2D eigenvalue weighted by Crippen LogP contribution is -2.29. The lowest BCUT2D eigenvalue weighted by Gasteiger charge is -2.25. The van der Waals surface area contributed by atoms with Crippen LogP contribution in [-0.2, 0) is 29.1 Å². The molecule has 5 nitrogen and oxygen atoms in total. The van der Waals surface area contributed by atoms with E-state index in [9.17, 15) is 9.59 Å². The van der Waals surface area contributed by atoms with Crippen LogP contribution in [0.3, 0.4) is 0 Å². The minimum absolute atomic E-state index is 0.0367. The summed E-state index contributed by atoms with van der Waals surface area (Å²) in [5.74, 6) is 0.630. The number of amides is 1. The summed E-state index contributed by atoms with van der Waals surface area (Å²) < 4.78 is 11.9. The van der Waals surface area contributed by atoms with Gasteiger partial charge in [-0.1, -0.05) is 61.2 Å². The maximum atomic E-state index is 13.5. The van der Waals surface area contributed by atoms with Crippen LogP contribution in [0.1, 0.15) is 97.5 Å². The number of carbonyl (C=O) groups is 2. The summed E-state index contributed by atoms with van der Waals surface area (Å²) in [7, 11) is 1.84. The van der Waals surface area contributed by atoms with E-state index in [0.717, 1.165) is 78.5 Å². The van der Waals surface area contributed by atoms with Gasteiger partial charge in [0.25, 0.3) is 5.91 Å². The van der Waals surface area contributed by atoms with Crippen molar-refractivity contribution in [2.45, 2.75) is 91.9 Å². The molecule has 0 spiro atoms. The molecule has 228 valence electrons. The molecule has 0 heterocycles. The Kier molecular flexibility index (Phi) is 10.8. The lowest BCUT2D eigenvalue weighted by atomic mass is 9.86. The van der Waals surface area contributed by atoms with Gasteiger partial charge in [-0.25, -0.2) is 0 Å². The van der Waals surface area contributed by atoms with Crippen molar-refractivity contribution >= 4 is 17.4 Å². The molecule has 0 aromatic heterocycles. The Morgan fingerprint density at radius 2 is 1.58 bits per heavy atom. The van der Waals surface area contributed by atoms with Crippen molar-refractivity contribution in [1.82, 2.24) is 4.90 Å². The van der Waals surface area contributed by atoms with Gasteiger partial charge in [-0.15, -0.1) is 0 Å². The van der Waals surface area contributed by atoms with Gasteiger partial charge in [0.05, 0.1) is 5.41 Å². The van der Waals surface area contributed by atoms with E-state index in [1.807, 2.05) is 77.2 Å². The van der Waals surface area contributed by atoms with Gasteiger partial charge >= 0.3 is 5.97 Å². The highest BCUT2D eigenvalue weighted by molar-refractivity contribution is 5.97. The number of benzene rings is 3. The fraction of sp³-hybridized carbons (Fsp3) is 0.421. The Bertz CT molecular complexity index is 1400. The molecular formula is C38H47NO4. The molecule has 43 heavy (non-hydrogen) atoms. The number of nitrogens with zero attached hydrogens (tertiary/aromatic N) is 1. The van der Waals surface area contributed by atoms with Crippen molar-refractivity contribution in [3.63, 3.8) is 0 Å². The van der Waals surface area contributed by atoms with Crippen molar-refractivity contribution in [1.29, 1.82) is 0 Å². The average Bonchev–Trinajstić information content (AvgIpc) is 3.50. The second kappa shape index (κ2) is 14.5. The van der Waals surface area contributed by atoms with Crippen molar-refractivity contribution in [3.8, 4) is 5.75 Å². The first-order chi connectivity index (χ1) is 20.5. The zero-order chi connectivity index (χ0) is 31.0. The molecule has 0 aliphatic heterocycles. The Balaban J connectivity index is 1.32. The molecule has 4 rings (SSSR count). The van der Waals surface area contributed by atoms with Crippen LogP contribution in [-0.4, -0.2) is 29.9 Å². The predicted molar refractivity (Wildman–Crippen MR) is 174 cm³/mol. The summed E-state index contributed by atoms with van der Waals surface area (Å²) in [5, 5.41) is 0. The van der Waals surface area contributed by atoms with Crippen LogP contribution < -0.4 is 4.74 Å². The van der Waals surface area contributed by atoms with Crippen LogP contribution >= 0.6 is 0 Å². The van der Waals surface area contributed by atoms with E-state index in [0.29, 0.717) is 18.7 Å². The summed E-state index contributed by atoms with van der Waals surface area (Å²) in [6.45, 7) is 13.0. The number of rotatable bonds is 13. The normalized spacial score (nSPS) is 13.5. The first kappa shape index (κ1) is 32.1. The molecule has 1 aliphatic rings. The van der Waals surface area contributed by atoms with Gasteiger partial charge in [0.2, 0.25) is 0 Å². The van der Waals surface area contributed by atoms with Crippen LogP contribution in [0, 0.1) is 12.3 Å². The second-order valence-electron chi connectivity index (χ2n) is 12.7. The summed E-state index contributed by atoms with van der Waals surface area (Å²) in [6.07, 6.45) is 7.04. The highest BCUT2D eigenvalue weighted by atomic mass is 16.5. The van der Waals surface area contributed by atoms with E-state index < -0.39 is 5.41 Å². The molecule has 3 aromatic rings. The van der Waals surface area contributed by atoms with E-state index in [1.54, 1.807) is 4.90 Å². The third-order valence-electron chi connectivity index (χ3n) is 8.44. The Morgan fingerprint density at radius 1 is 0.930 bits per heavy atom. The molecule has 0 bridgehead atoms. The third kappa shape index (κ3) is 8.82. The summed E-state index contributed by atoms with van der Waals surface area (Å²) in [6, 6.07) is 22.3. The molecule has 1 saturated carbocycles. The number of esters is 1. The fourth-order valence-corrected chi connectivity index (χ4v) is 5.62. The van der Waals surface area contributed by atoms with E-state index in [4.69, 9.17) is 9.47 Å². The van der Waals surface area contributed by atoms with Crippen LogP contribution in [0.5, 0.6) is 5.75 Å². The highest BCUT2D eigenvalue weighted by Crippen LogP contribution is 2.31. The molecule has 0 radical (unpaired) electrons. The maximum absolute atomic E-state index is 13.5. The molecular weight excluding hydrogens is 534 g/mol. The molecule has 1 aliphatic carbocycles. The lowest BCUT2D eigenvalue weighted by molar-refractivity contribution is -0.159. The van der Waals surface area contributed by atoms with Crippen molar-refractivity contribution < 1.29 is 19.1 Å². The predicted octanol–water partition coefficient (Wildman–Crippen LogP) is 8.71. The molecule has 0 saturated heterocycles. The van der Waals surface area contributed by atoms with Crippen LogP contribution in [0.4, 0.5) is 0 Å². The Morgan fingerprint density at radius 3 is 2.23 bits per heavy atom. The quantitative estimate of drug-likeness (QED) is 0.189. The fourth-order valence-electron chi connectivity index (χ4n) is 5.62.